The number of halogens is 6. The van der Waals surface area contributed by atoms with Gasteiger partial charge in [0, 0.05) is 6.92 Å². The fraction of sp³-hybridized carbons (Fsp3) is 0.296. The second kappa shape index (κ2) is 10.2. The molecule has 41 heavy (non-hydrogen) atoms. The number of rotatable bonds is 6. The number of nitrogens with zero attached hydrogens (tertiary/aromatic N) is 4. The Bertz CT molecular complexity index is 1450. The lowest BCUT2D eigenvalue weighted by molar-refractivity contribution is -0.142. The Kier molecular flexibility index (Phi) is 6.95. The molecule has 1 fully saturated rings. The van der Waals surface area contributed by atoms with Crippen molar-refractivity contribution in [3.05, 3.63) is 94.6 Å². The smallest absolute Gasteiger partial charge is 0.416 e. The fourth-order valence-electron chi connectivity index (χ4n) is 5.08. The minimum absolute atomic E-state index is 0.202. The quantitative estimate of drug-likeness (QED) is 0.256. The van der Waals surface area contributed by atoms with Crippen LogP contribution in [0.15, 0.2) is 72.3 Å². The van der Waals surface area contributed by atoms with Crippen molar-refractivity contribution in [2.24, 2.45) is 0 Å². The summed E-state index contributed by atoms with van der Waals surface area (Å²) in [5.41, 5.74) is -2.38. The van der Waals surface area contributed by atoms with Crippen LogP contribution in [0.2, 0.25) is 0 Å². The molecule has 2 unspecified atom stereocenters. The molecule has 6 rings (SSSR count). The number of alkyl halides is 6. The van der Waals surface area contributed by atoms with E-state index in [2.05, 4.69) is 0 Å². The van der Waals surface area contributed by atoms with Crippen LogP contribution in [-0.4, -0.2) is 56.8 Å². The Balaban J connectivity index is 1.58. The summed E-state index contributed by atoms with van der Waals surface area (Å²) in [4.78, 5) is 39.2. The molecule has 2 aromatic carbocycles. The van der Waals surface area contributed by atoms with Crippen LogP contribution < -0.4 is 0 Å². The van der Waals surface area contributed by atoms with Gasteiger partial charge in [-0.15, -0.1) is 0 Å². The fourth-order valence-corrected chi connectivity index (χ4v) is 5.08. The third-order valence-corrected chi connectivity index (χ3v) is 6.89. The van der Waals surface area contributed by atoms with Crippen LogP contribution >= 0.6 is 0 Å². The highest BCUT2D eigenvalue weighted by Crippen LogP contribution is 2.39. The van der Waals surface area contributed by atoms with Crippen LogP contribution in [-0.2, 0) is 35.0 Å². The monoisotopic (exact) mass is 580 g/mol. The van der Waals surface area contributed by atoms with Crippen molar-refractivity contribution < 1.29 is 45.5 Å². The van der Waals surface area contributed by atoms with Gasteiger partial charge in [0.25, 0.3) is 0 Å². The summed E-state index contributed by atoms with van der Waals surface area (Å²) in [6.45, 7) is -0.519. The Labute approximate surface area is 229 Å². The van der Waals surface area contributed by atoms with Crippen LogP contribution in [0.1, 0.15) is 29.2 Å². The number of amides is 4. The molecule has 2 atom stereocenters. The summed E-state index contributed by atoms with van der Waals surface area (Å²) in [5, 5.41) is 3.50. The first-order chi connectivity index (χ1) is 19.3. The van der Waals surface area contributed by atoms with Crippen molar-refractivity contribution >= 4 is 18.0 Å². The lowest BCUT2D eigenvalue weighted by atomic mass is 9.93. The Hall–Kier alpha value is -4.49. The Morgan fingerprint density at radius 1 is 0.780 bits per heavy atom. The van der Waals surface area contributed by atoms with E-state index in [0.717, 1.165) is 45.4 Å². The molecule has 4 amide bonds. The van der Waals surface area contributed by atoms with Crippen molar-refractivity contribution in [3.63, 3.8) is 0 Å². The lowest BCUT2D eigenvalue weighted by Gasteiger charge is -2.56. The van der Waals surface area contributed by atoms with Crippen molar-refractivity contribution in [2.75, 3.05) is 6.61 Å². The zero-order chi connectivity index (χ0) is 29.7. The van der Waals surface area contributed by atoms with Gasteiger partial charge in [0.2, 0.25) is 0 Å². The maximum absolute atomic E-state index is 14.0. The normalized spacial score (nSPS) is 20.4. The third-order valence-electron chi connectivity index (χ3n) is 6.89. The van der Waals surface area contributed by atoms with E-state index in [1.54, 1.807) is 18.2 Å². The predicted molar refractivity (Wildman–Crippen MR) is 130 cm³/mol. The molecule has 4 aliphatic rings. The number of ether oxygens (including phenoxy) is 1. The molecule has 216 valence electrons. The molecule has 1 saturated heterocycles. The first kappa shape index (κ1) is 28.1. The second-order valence-electron chi connectivity index (χ2n) is 9.52. The van der Waals surface area contributed by atoms with Crippen molar-refractivity contribution in [1.29, 1.82) is 0 Å². The average molecular weight is 580 g/mol. The zero-order valence-electron chi connectivity index (χ0n) is 21.3. The molecule has 3 aliphatic heterocycles. The van der Waals surface area contributed by atoms with Crippen LogP contribution in [0.3, 0.4) is 0 Å². The predicted octanol–water partition coefficient (Wildman–Crippen LogP) is 5.53. The van der Waals surface area contributed by atoms with Crippen LogP contribution in [0.5, 0.6) is 0 Å². The first-order valence-electron chi connectivity index (χ1n) is 12.3. The third kappa shape index (κ3) is 5.21. The highest BCUT2D eigenvalue weighted by Gasteiger charge is 2.52. The molecule has 3 heterocycles. The summed E-state index contributed by atoms with van der Waals surface area (Å²) in [6.07, 6.45) is -4.82. The number of benzene rings is 2. The summed E-state index contributed by atoms with van der Waals surface area (Å²) in [5.74, 6) is -0.589. The van der Waals surface area contributed by atoms with E-state index in [9.17, 15) is 40.7 Å². The van der Waals surface area contributed by atoms with Gasteiger partial charge >= 0.3 is 30.4 Å². The number of urea groups is 2. The summed E-state index contributed by atoms with van der Waals surface area (Å²) in [6, 6.07) is 5.22. The first-order valence-corrected chi connectivity index (χ1v) is 12.3. The Morgan fingerprint density at radius 3 is 1.76 bits per heavy atom. The van der Waals surface area contributed by atoms with E-state index in [1.165, 1.54) is 25.1 Å². The molecular formula is C27H22F6N4O4. The average Bonchev–Trinajstić information content (AvgIpc) is 2.91. The number of carbonyl (C=O) groups excluding carboxylic acids is 3. The number of hydrogen-bond donors (Lipinski definition) is 0. The maximum Gasteiger partial charge on any atom is 0.416 e. The van der Waals surface area contributed by atoms with Crippen molar-refractivity contribution in [2.45, 2.75) is 44.4 Å². The molecule has 2 bridgehead atoms. The van der Waals surface area contributed by atoms with E-state index in [4.69, 9.17) is 4.74 Å². The topological polar surface area (TPSA) is 73.4 Å². The molecule has 0 spiro atoms. The van der Waals surface area contributed by atoms with Gasteiger partial charge in [0.1, 0.15) is 6.61 Å². The van der Waals surface area contributed by atoms with E-state index in [-0.39, 0.29) is 17.7 Å². The summed E-state index contributed by atoms with van der Waals surface area (Å²) in [7, 11) is 0. The molecule has 0 N–H and O–H groups in total. The van der Waals surface area contributed by atoms with Gasteiger partial charge in [-0.25, -0.2) is 29.6 Å². The largest absolute Gasteiger partial charge is 0.461 e. The summed E-state index contributed by atoms with van der Waals surface area (Å²) < 4.78 is 87.9. The van der Waals surface area contributed by atoms with Crippen LogP contribution in [0, 0.1) is 0 Å². The van der Waals surface area contributed by atoms with Crippen molar-refractivity contribution in [1.82, 2.24) is 20.0 Å². The van der Waals surface area contributed by atoms with Gasteiger partial charge in [-0.2, -0.15) is 26.3 Å². The highest BCUT2D eigenvalue weighted by atomic mass is 19.4. The second-order valence-corrected chi connectivity index (χ2v) is 9.52. The molecule has 8 nitrogen and oxygen atoms in total. The maximum atomic E-state index is 14.0. The van der Waals surface area contributed by atoms with Crippen molar-refractivity contribution in [3.8, 4) is 0 Å². The minimum atomic E-state index is -4.80. The Morgan fingerprint density at radius 2 is 1.27 bits per heavy atom. The van der Waals surface area contributed by atoms with Crippen LogP contribution in [0.4, 0.5) is 35.9 Å². The molecule has 1 aliphatic carbocycles. The SMILES string of the molecule is CC(=O)OCC1=CC2C=CC1N1C(=O)N(Cc3ccccc3C(F)(F)F)N(Cc3ccccc3C(F)(F)F)C(=O)N21. The highest BCUT2D eigenvalue weighted by molar-refractivity contribution is 5.88. The number of hydrogen-bond acceptors (Lipinski definition) is 4. The van der Waals surface area contributed by atoms with E-state index >= 15 is 0 Å². The van der Waals surface area contributed by atoms with Gasteiger partial charge in [-0.3, -0.25) is 4.79 Å². The van der Waals surface area contributed by atoms with Gasteiger partial charge < -0.3 is 4.74 Å². The van der Waals surface area contributed by atoms with Gasteiger partial charge in [0.15, 0.2) is 0 Å². The van der Waals surface area contributed by atoms with Gasteiger partial charge in [0.05, 0.1) is 36.3 Å². The van der Waals surface area contributed by atoms with Crippen LogP contribution in [0.25, 0.3) is 0 Å². The van der Waals surface area contributed by atoms with Gasteiger partial charge in [-0.1, -0.05) is 54.6 Å². The standard InChI is InChI=1S/C27H22F6N4O4/c1-16(38)41-15-19-12-20-10-11-23(19)37-25(40)35(14-18-7-3-5-9-22(18)27(31,32)33)34(24(39)36(20)37)13-17-6-2-4-8-21(17)26(28,29)30/h2-12,20,23H,13-15H2,1H3. The van der Waals surface area contributed by atoms with Gasteiger partial charge in [-0.05, 0) is 28.8 Å². The van der Waals surface area contributed by atoms with E-state index < -0.39 is 66.7 Å². The zero-order valence-corrected chi connectivity index (χ0v) is 21.3. The summed E-state index contributed by atoms with van der Waals surface area (Å²) >= 11 is 0. The van der Waals surface area contributed by atoms with E-state index in [0.29, 0.717) is 10.6 Å². The minimum Gasteiger partial charge on any atom is -0.461 e. The lowest BCUT2D eigenvalue weighted by Crippen LogP contribution is -2.74. The number of esters is 1. The molecule has 0 radical (unpaired) electrons. The molecule has 0 saturated carbocycles. The van der Waals surface area contributed by atoms with E-state index in [1.807, 2.05) is 0 Å². The number of carbonyl (C=O) groups is 3. The molecule has 2 aromatic rings. The molecular weight excluding hydrogens is 558 g/mol. The molecule has 0 aromatic heterocycles. The number of hydrazine groups is 2. The molecule has 14 heteroatoms.